The number of Topliss-reactive ketones (excluding diaryl/α,β-unsaturated/α-hetero) is 1. The molecule has 312 valence electrons. The van der Waals surface area contributed by atoms with Gasteiger partial charge in [-0.25, -0.2) is 4.79 Å². The lowest BCUT2D eigenvalue weighted by molar-refractivity contribution is -0.189. The van der Waals surface area contributed by atoms with Gasteiger partial charge in [-0.1, -0.05) is 44.6 Å². The highest BCUT2D eigenvalue weighted by molar-refractivity contribution is 5.83. The van der Waals surface area contributed by atoms with Crippen molar-refractivity contribution in [3.8, 4) is 0 Å². The number of allylic oxidation sites excluding steroid dienone is 4. The van der Waals surface area contributed by atoms with Gasteiger partial charge in [0.1, 0.15) is 17.9 Å². The van der Waals surface area contributed by atoms with E-state index in [1.54, 1.807) is 34.3 Å². The van der Waals surface area contributed by atoms with E-state index in [9.17, 15) is 29.4 Å². The molecular formula is C43H69NO11. The van der Waals surface area contributed by atoms with Gasteiger partial charge >= 0.3 is 11.9 Å². The van der Waals surface area contributed by atoms with Gasteiger partial charge in [-0.2, -0.15) is 0 Å². The molecule has 1 amide bonds. The Morgan fingerprint density at radius 1 is 1.04 bits per heavy atom. The van der Waals surface area contributed by atoms with Gasteiger partial charge in [0.2, 0.25) is 6.41 Å². The Kier molecular flexibility index (Phi) is 19.2. The van der Waals surface area contributed by atoms with Crippen LogP contribution in [0.5, 0.6) is 0 Å². The smallest absolute Gasteiger partial charge is 0.329 e. The summed E-state index contributed by atoms with van der Waals surface area (Å²) < 4.78 is 28.9. The predicted octanol–water partition coefficient (Wildman–Crippen LogP) is 5.52. The largest absolute Gasteiger partial charge is 0.457 e. The molecule has 0 bridgehead atoms. The molecule has 1 saturated carbocycles. The van der Waals surface area contributed by atoms with Crippen LogP contribution < -0.4 is 0 Å². The molecule has 0 aromatic rings. The lowest BCUT2D eigenvalue weighted by Crippen LogP contribution is -2.49. The van der Waals surface area contributed by atoms with Crippen molar-refractivity contribution in [2.45, 2.75) is 154 Å². The molecule has 2 heterocycles. The topological polar surface area (TPSA) is 158 Å². The number of hydrogen-bond acceptors (Lipinski definition) is 11. The molecule has 55 heavy (non-hydrogen) atoms. The minimum Gasteiger partial charge on any atom is -0.457 e. The second-order valence-corrected chi connectivity index (χ2v) is 16.4. The quantitative estimate of drug-likeness (QED) is 0.0859. The number of aliphatic hydroxyl groups is 2. The molecule has 0 aromatic heterocycles. The van der Waals surface area contributed by atoms with Crippen LogP contribution in [0.1, 0.15) is 105 Å². The molecule has 1 aliphatic carbocycles. The number of aliphatic hydroxyl groups excluding tert-OH is 2. The summed E-state index contributed by atoms with van der Waals surface area (Å²) in [5.41, 5.74) is 1.75. The number of carbonyl (C=O) groups is 4. The van der Waals surface area contributed by atoms with Crippen molar-refractivity contribution in [3.05, 3.63) is 36.0 Å². The Balaban J connectivity index is 1.74. The second-order valence-electron chi connectivity index (χ2n) is 16.4. The molecule has 3 aliphatic rings. The fourth-order valence-electron chi connectivity index (χ4n) is 8.64. The first-order chi connectivity index (χ1) is 26.2. The third-order valence-electron chi connectivity index (χ3n) is 11.9. The Hall–Kier alpha value is -2.90. The summed E-state index contributed by atoms with van der Waals surface area (Å²) in [5.74, 6) is -2.11. The molecule has 3 rings (SSSR count). The third-order valence-corrected chi connectivity index (χ3v) is 11.9. The van der Waals surface area contributed by atoms with Gasteiger partial charge in [0.15, 0.2) is 6.10 Å². The van der Waals surface area contributed by atoms with Gasteiger partial charge in [-0.05, 0) is 95.5 Å². The number of cyclic esters (lactones) is 1. The number of amides is 1. The Morgan fingerprint density at radius 2 is 1.75 bits per heavy atom. The Morgan fingerprint density at radius 3 is 2.38 bits per heavy atom. The van der Waals surface area contributed by atoms with E-state index in [0.717, 1.165) is 30.4 Å². The van der Waals surface area contributed by atoms with Crippen LogP contribution in [0.2, 0.25) is 0 Å². The molecule has 13 atom stereocenters. The highest BCUT2D eigenvalue weighted by atomic mass is 16.6. The van der Waals surface area contributed by atoms with Crippen LogP contribution in [0.4, 0.5) is 0 Å². The molecule has 2 N–H and O–H groups in total. The summed E-state index contributed by atoms with van der Waals surface area (Å²) >= 11 is 0. The number of carbonyl (C=O) groups excluding carboxylic acids is 4. The average Bonchev–Trinajstić information content (AvgIpc) is 3.16. The van der Waals surface area contributed by atoms with E-state index < -0.39 is 48.3 Å². The van der Waals surface area contributed by atoms with Gasteiger partial charge in [0, 0.05) is 46.1 Å². The van der Waals surface area contributed by atoms with Crippen LogP contribution in [-0.2, 0) is 42.9 Å². The number of ketones is 1. The molecule has 3 fully saturated rings. The van der Waals surface area contributed by atoms with Crippen molar-refractivity contribution < 1.29 is 53.1 Å². The number of likely N-dealkylation sites (tertiary alicyclic amines) is 1. The SMILES string of the molecule is C=CC[C@@H](/C=C(/C)C[C@@H](C)C[C@@H](OC)[C@@H]1OC(=O)[C@H](C)C[C@@H]1OC)C(=O)C[C@H](O)[C@@H](C)[C@H](OC(=O)[C@H]1CCCCN1C=O)/C(C)=C/[C@@H]1CC[C@@H](O)C(OC)C1. The zero-order valence-electron chi connectivity index (χ0n) is 34.5. The summed E-state index contributed by atoms with van der Waals surface area (Å²) in [6, 6.07) is -0.704. The van der Waals surface area contributed by atoms with Crippen molar-refractivity contribution in [2.24, 2.45) is 29.6 Å². The zero-order chi connectivity index (χ0) is 40.8. The summed E-state index contributed by atoms with van der Waals surface area (Å²) in [6.45, 7) is 13.9. The van der Waals surface area contributed by atoms with Crippen molar-refractivity contribution in [1.29, 1.82) is 0 Å². The summed E-state index contributed by atoms with van der Waals surface area (Å²) in [5, 5.41) is 22.0. The van der Waals surface area contributed by atoms with E-state index in [4.69, 9.17) is 23.7 Å². The second kappa shape index (κ2) is 22.7. The number of rotatable bonds is 21. The minimum atomic E-state index is -1.13. The number of hydrogen-bond donors (Lipinski definition) is 2. The molecule has 0 spiro atoms. The maximum absolute atomic E-state index is 13.8. The number of piperidine rings is 1. The molecule has 1 unspecified atom stereocenters. The summed E-state index contributed by atoms with van der Waals surface area (Å²) in [6.07, 6.45) is 8.59. The highest BCUT2D eigenvalue weighted by Crippen LogP contribution is 2.33. The highest BCUT2D eigenvalue weighted by Gasteiger charge is 2.41. The first-order valence-electron chi connectivity index (χ1n) is 20.2. The van der Waals surface area contributed by atoms with Crippen LogP contribution in [0.3, 0.4) is 0 Å². The Bertz CT molecular complexity index is 1330. The maximum Gasteiger partial charge on any atom is 0.329 e. The monoisotopic (exact) mass is 775 g/mol. The molecule has 0 radical (unpaired) electrons. The van der Waals surface area contributed by atoms with E-state index in [-0.39, 0.29) is 54.2 Å². The van der Waals surface area contributed by atoms with Crippen molar-refractivity contribution >= 4 is 24.1 Å². The van der Waals surface area contributed by atoms with E-state index in [0.29, 0.717) is 57.9 Å². The standard InChI is InChI=1S/C43H69NO11/c1-10-13-32(19-26(2)18-27(3)20-38(52-8)41-39(53-9)22-29(5)42(49)55-41)36(48)24-35(47)30(6)40(54-43(50)33-14-11-12-17-44(33)25-45)28(4)21-31-15-16-34(46)37(23-31)51-7/h10,19,21,25,27,29-35,37-41,46-47H,1,11-18,20,22-24H2,2-9H3/b26-19-,28-21+/t27-,29-,30-,31+,32+,33-,34-,35+,37?,38-,39+,40-,41+/m1/s1. The van der Waals surface area contributed by atoms with Crippen molar-refractivity contribution in [2.75, 3.05) is 27.9 Å². The van der Waals surface area contributed by atoms with Gasteiger partial charge < -0.3 is 38.8 Å². The average molecular weight is 776 g/mol. The van der Waals surface area contributed by atoms with Crippen molar-refractivity contribution in [3.63, 3.8) is 0 Å². The van der Waals surface area contributed by atoms with Crippen LogP contribution >= 0.6 is 0 Å². The van der Waals surface area contributed by atoms with Crippen LogP contribution in [-0.4, -0.2) is 116 Å². The van der Waals surface area contributed by atoms with Crippen LogP contribution in [0, 0.1) is 29.6 Å². The number of nitrogens with zero attached hydrogens (tertiary/aromatic N) is 1. The molecule has 2 aliphatic heterocycles. The summed E-state index contributed by atoms with van der Waals surface area (Å²) in [4.78, 5) is 53.1. The minimum absolute atomic E-state index is 0.0658. The predicted molar refractivity (Wildman–Crippen MR) is 209 cm³/mol. The first kappa shape index (κ1) is 46.5. The maximum atomic E-state index is 13.8. The van der Waals surface area contributed by atoms with E-state index in [2.05, 4.69) is 13.5 Å². The van der Waals surface area contributed by atoms with Crippen LogP contribution in [0.15, 0.2) is 36.0 Å². The molecule has 12 heteroatoms. The molecule has 0 aromatic carbocycles. The Labute approximate surface area is 329 Å². The lowest BCUT2D eigenvalue weighted by Gasteiger charge is -2.38. The van der Waals surface area contributed by atoms with E-state index in [1.165, 1.54) is 4.90 Å². The van der Waals surface area contributed by atoms with Crippen LogP contribution in [0.25, 0.3) is 0 Å². The summed E-state index contributed by atoms with van der Waals surface area (Å²) in [7, 11) is 4.81. The van der Waals surface area contributed by atoms with Gasteiger partial charge in [0.05, 0.1) is 36.4 Å². The number of methoxy groups -OCH3 is 3. The fraction of sp³-hybridized carbons (Fsp3) is 0.767. The van der Waals surface area contributed by atoms with E-state index >= 15 is 0 Å². The molecular weight excluding hydrogens is 706 g/mol. The normalized spacial score (nSPS) is 30.0. The first-order valence-corrected chi connectivity index (χ1v) is 20.2. The van der Waals surface area contributed by atoms with Crippen molar-refractivity contribution in [1.82, 2.24) is 4.90 Å². The van der Waals surface area contributed by atoms with Gasteiger partial charge in [-0.3, -0.25) is 14.4 Å². The molecule has 2 saturated heterocycles. The van der Waals surface area contributed by atoms with Gasteiger partial charge in [-0.15, -0.1) is 6.58 Å². The number of ether oxygens (including phenoxy) is 5. The van der Waals surface area contributed by atoms with E-state index in [1.807, 2.05) is 32.9 Å². The third kappa shape index (κ3) is 13.3. The molecule has 12 nitrogen and oxygen atoms in total. The van der Waals surface area contributed by atoms with Gasteiger partial charge in [0.25, 0.3) is 0 Å². The lowest BCUT2D eigenvalue weighted by atomic mass is 9.81. The number of esters is 2. The zero-order valence-corrected chi connectivity index (χ0v) is 34.5. The fourth-order valence-corrected chi connectivity index (χ4v) is 8.64.